The van der Waals surface area contributed by atoms with Crippen LogP contribution >= 0.6 is 22.7 Å². The molecular weight excluding hydrogens is 394 g/mol. The van der Waals surface area contributed by atoms with E-state index in [2.05, 4.69) is 10.3 Å². The van der Waals surface area contributed by atoms with Gasteiger partial charge in [-0.2, -0.15) is 5.26 Å². The number of nitrogens with one attached hydrogen (secondary N) is 1. The fourth-order valence-electron chi connectivity index (χ4n) is 2.80. The van der Waals surface area contributed by atoms with Crippen LogP contribution < -0.4 is 14.8 Å². The van der Waals surface area contributed by atoms with E-state index in [1.54, 1.807) is 46.9 Å². The molecule has 0 fully saturated rings. The first-order chi connectivity index (χ1) is 13.6. The van der Waals surface area contributed by atoms with Crippen LogP contribution in [-0.2, 0) is 4.79 Å². The van der Waals surface area contributed by atoms with Crippen LogP contribution in [0.1, 0.15) is 5.01 Å². The second-order valence-electron chi connectivity index (χ2n) is 5.93. The maximum atomic E-state index is 12.3. The van der Waals surface area contributed by atoms with Crippen molar-refractivity contribution in [3.63, 3.8) is 0 Å². The van der Waals surface area contributed by atoms with Gasteiger partial charge in [-0.05, 0) is 42.6 Å². The Morgan fingerprint density at radius 1 is 1.25 bits per heavy atom. The second kappa shape index (κ2) is 7.84. The van der Waals surface area contributed by atoms with Crippen LogP contribution in [0, 0.1) is 18.3 Å². The smallest absolute Gasteiger partial charge is 0.262 e. The Balaban J connectivity index is 1.44. The van der Waals surface area contributed by atoms with E-state index >= 15 is 0 Å². The summed E-state index contributed by atoms with van der Waals surface area (Å²) in [4.78, 5) is 16.9. The molecule has 0 spiro atoms. The summed E-state index contributed by atoms with van der Waals surface area (Å²) < 4.78 is 13.1. The number of thiazole rings is 1. The number of hydrogen-bond donors (Lipinski definition) is 1. The van der Waals surface area contributed by atoms with Crippen LogP contribution in [0.25, 0.3) is 20.3 Å². The zero-order valence-electron chi connectivity index (χ0n) is 14.9. The van der Waals surface area contributed by atoms with E-state index in [9.17, 15) is 4.79 Å². The van der Waals surface area contributed by atoms with Crippen molar-refractivity contribution in [2.75, 3.05) is 18.5 Å². The fraction of sp³-hybridized carbons (Fsp3) is 0.150. The maximum Gasteiger partial charge on any atom is 0.262 e. The number of thiophene rings is 1. The van der Waals surface area contributed by atoms with Crippen molar-refractivity contribution in [2.45, 2.75) is 6.92 Å². The summed E-state index contributed by atoms with van der Waals surface area (Å²) in [5.41, 5.74) is 1.62. The van der Waals surface area contributed by atoms with Crippen LogP contribution in [0.5, 0.6) is 11.5 Å². The van der Waals surface area contributed by atoms with Gasteiger partial charge < -0.3 is 14.8 Å². The van der Waals surface area contributed by atoms with Gasteiger partial charge in [0.15, 0.2) is 13.2 Å². The number of ether oxygens (including phenoxy) is 2. The molecule has 0 bridgehead atoms. The van der Waals surface area contributed by atoms with E-state index in [4.69, 9.17) is 14.7 Å². The molecule has 0 atom stereocenters. The van der Waals surface area contributed by atoms with Gasteiger partial charge >= 0.3 is 0 Å². The second-order valence-corrected chi connectivity index (χ2v) is 8.08. The molecule has 1 N–H and O–H groups in total. The van der Waals surface area contributed by atoms with Crippen LogP contribution in [0.2, 0.25) is 0 Å². The molecule has 28 heavy (non-hydrogen) atoms. The molecule has 0 unspecified atom stereocenters. The SMILES string of the molecule is Cc1nc2c(cc(OCC(=O)Nc3ccc(OCC#N)cc3)c3ccsc32)s1. The highest BCUT2D eigenvalue weighted by molar-refractivity contribution is 7.21. The first-order valence-electron chi connectivity index (χ1n) is 8.44. The summed E-state index contributed by atoms with van der Waals surface area (Å²) in [7, 11) is 0. The molecule has 8 heteroatoms. The number of hydrogen-bond acceptors (Lipinski definition) is 7. The summed E-state index contributed by atoms with van der Waals surface area (Å²) in [5, 5.41) is 15.3. The minimum absolute atomic E-state index is 0.0137. The lowest BCUT2D eigenvalue weighted by molar-refractivity contribution is -0.118. The van der Waals surface area contributed by atoms with Gasteiger partial charge in [-0.3, -0.25) is 4.79 Å². The Morgan fingerprint density at radius 3 is 2.86 bits per heavy atom. The number of nitriles is 1. The van der Waals surface area contributed by atoms with Crippen molar-refractivity contribution >= 4 is 54.6 Å². The van der Waals surface area contributed by atoms with Crippen LogP contribution in [0.15, 0.2) is 41.8 Å². The molecule has 2 aromatic carbocycles. The summed E-state index contributed by atoms with van der Waals surface area (Å²) in [6, 6.07) is 12.7. The first-order valence-corrected chi connectivity index (χ1v) is 10.1. The average Bonchev–Trinajstić information content (AvgIpc) is 3.31. The normalized spacial score (nSPS) is 10.7. The van der Waals surface area contributed by atoms with Crippen molar-refractivity contribution in [3.8, 4) is 17.6 Å². The standard InChI is InChI=1S/C20H15N3O3S2/c1-12-22-19-17(28-12)10-16(15-6-9-27-20(15)19)26-11-18(24)23-13-2-4-14(5-3-13)25-8-7-21/h2-6,9-10H,8,11H2,1H3,(H,23,24). The summed E-state index contributed by atoms with van der Waals surface area (Å²) in [5.74, 6) is 1.00. The Morgan fingerprint density at radius 2 is 2.07 bits per heavy atom. The lowest BCUT2D eigenvalue weighted by Gasteiger charge is -2.09. The molecule has 0 radical (unpaired) electrons. The monoisotopic (exact) mass is 409 g/mol. The number of fused-ring (bicyclic) bond motifs is 3. The number of aryl methyl sites for hydroxylation is 1. The molecule has 2 aromatic heterocycles. The number of rotatable bonds is 6. The van der Waals surface area contributed by atoms with E-state index in [-0.39, 0.29) is 19.1 Å². The molecule has 2 heterocycles. The largest absolute Gasteiger partial charge is 0.483 e. The zero-order chi connectivity index (χ0) is 19.5. The fourth-order valence-corrected chi connectivity index (χ4v) is 4.63. The van der Waals surface area contributed by atoms with Crippen molar-refractivity contribution in [2.24, 2.45) is 0 Å². The minimum atomic E-state index is -0.255. The molecule has 0 saturated heterocycles. The quantitative estimate of drug-likeness (QED) is 0.497. The lowest BCUT2D eigenvalue weighted by Crippen LogP contribution is -2.20. The van der Waals surface area contributed by atoms with Gasteiger partial charge in [-0.1, -0.05) is 0 Å². The van der Waals surface area contributed by atoms with Gasteiger partial charge in [0.2, 0.25) is 0 Å². The van der Waals surface area contributed by atoms with Crippen molar-refractivity contribution in [1.82, 2.24) is 4.98 Å². The molecular formula is C20H15N3O3S2. The van der Waals surface area contributed by atoms with E-state index in [0.717, 1.165) is 25.3 Å². The van der Waals surface area contributed by atoms with Gasteiger partial charge in [0.25, 0.3) is 5.91 Å². The molecule has 0 aliphatic rings. The van der Waals surface area contributed by atoms with Gasteiger partial charge in [0.05, 0.1) is 19.9 Å². The molecule has 1 amide bonds. The number of benzene rings is 2. The highest BCUT2D eigenvalue weighted by atomic mass is 32.1. The molecule has 0 aliphatic heterocycles. The maximum absolute atomic E-state index is 12.3. The number of anilines is 1. The zero-order valence-corrected chi connectivity index (χ0v) is 16.5. The van der Waals surface area contributed by atoms with Gasteiger partial charge in [0.1, 0.15) is 17.6 Å². The number of aromatic nitrogens is 1. The van der Waals surface area contributed by atoms with E-state index in [1.807, 2.05) is 30.5 Å². The Bertz CT molecular complexity index is 1190. The van der Waals surface area contributed by atoms with Crippen molar-refractivity contribution in [1.29, 1.82) is 5.26 Å². The molecule has 0 aliphatic carbocycles. The van der Waals surface area contributed by atoms with Crippen LogP contribution in [0.4, 0.5) is 5.69 Å². The Hall–Kier alpha value is -3.15. The van der Waals surface area contributed by atoms with Gasteiger partial charge in [0, 0.05) is 17.1 Å². The average molecular weight is 409 g/mol. The first kappa shape index (κ1) is 18.2. The predicted octanol–water partition coefficient (Wildman–Crippen LogP) is 4.74. The van der Waals surface area contributed by atoms with Crippen LogP contribution in [-0.4, -0.2) is 24.1 Å². The number of amides is 1. The minimum Gasteiger partial charge on any atom is -0.483 e. The molecule has 140 valence electrons. The van der Waals surface area contributed by atoms with Crippen molar-refractivity contribution in [3.05, 3.63) is 46.8 Å². The number of carbonyl (C=O) groups is 1. The molecule has 6 nitrogen and oxygen atoms in total. The van der Waals surface area contributed by atoms with E-state index in [0.29, 0.717) is 17.2 Å². The number of carbonyl (C=O) groups excluding carboxylic acids is 1. The van der Waals surface area contributed by atoms with Gasteiger partial charge in [-0.15, -0.1) is 22.7 Å². The van der Waals surface area contributed by atoms with Gasteiger partial charge in [-0.25, -0.2) is 4.98 Å². The highest BCUT2D eigenvalue weighted by Crippen LogP contribution is 2.38. The van der Waals surface area contributed by atoms with Crippen LogP contribution in [0.3, 0.4) is 0 Å². The molecule has 4 aromatic rings. The highest BCUT2D eigenvalue weighted by Gasteiger charge is 2.13. The van der Waals surface area contributed by atoms with Crippen molar-refractivity contribution < 1.29 is 14.3 Å². The predicted molar refractivity (Wildman–Crippen MR) is 111 cm³/mol. The Kier molecular flexibility index (Phi) is 5.10. The topological polar surface area (TPSA) is 84.2 Å². The lowest BCUT2D eigenvalue weighted by atomic mass is 10.2. The molecule has 0 saturated carbocycles. The third-order valence-electron chi connectivity index (χ3n) is 3.97. The van der Waals surface area contributed by atoms with E-state index < -0.39 is 0 Å². The summed E-state index contributed by atoms with van der Waals surface area (Å²) >= 11 is 3.23. The summed E-state index contributed by atoms with van der Waals surface area (Å²) in [6.07, 6.45) is 0. The third kappa shape index (κ3) is 3.76. The third-order valence-corrected chi connectivity index (χ3v) is 5.81. The Labute approximate surface area is 169 Å². The van der Waals surface area contributed by atoms with E-state index in [1.165, 1.54) is 0 Å². The summed E-state index contributed by atoms with van der Waals surface area (Å²) in [6.45, 7) is 1.87. The number of nitrogens with zero attached hydrogens (tertiary/aromatic N) is 2. The molecule has 4 rings (SSSR count).